The zero-order valence-electron chi connectivity index (χ0n) is 10.9. The Labute approximate surface area is 116 Å². The predicted octanol–water partition coefficient (Wildman–Crippen LogP) is 0.516. The van der Waals surface area contributed by atoms with Crippen molar-refractivity contribution in [2.75, 3.05) is 19.4 Å². The van der Waals surface area contributed by atoms with E-state index in [1.54, 1.807) is 0 Å². The molecule has 1 aromatic rings. The molecular formula is C12H14N2O5S. The molecule has 1 rings (SSSR count). The standard InChI is InChI=1S/C12H14N2O5S/c1-14(2)20(18,19)10-5-3-9(4-6-10)13-11(15)7-8-12(16)17/h3-8H,1-2H3,(H,13,15)(H,16,17)/b8-7+. The Hall–Kier alpha value is -2.19. The van der Waals surface area contributed by atoms with Gasteiger partial charge >= 0.3 is 5.97 Å². The number of carbonyl (C=O) groups excluding carboxylic acids is 1. The molecule has 0 fully saturated rings. The topological polar surface area (TPSA) is 104 Å². The fraction of sp³-hybridized carbons (Fsp3) is 0.167. The lowest BCUT2D eigenvalue weighted by atomic mass is 10.3. The number of anilines is 1. The summed E-state index contributed by atoms with van der Waals surface area (Å²) < 4.78 is 24.7. The third-order valence-corrected chi connectivity index (χ3v) is 4.11. The van der Waals surface area contributed by atoms with Crippen LogP contribution >= 0.6 is 0 Å². The second-order valence-electron chi connectivity index (χ2n) is 3.97. The SMILES string of the molecule is CN(C)S(=O)(=O)c1ccc(NC(=O)/C=C/C(=O)O)cc1. The van der Waals surface area contributed by atoms with Crippen LogP contribution < -0.4 is 5.32 Å². The first-order valence-corrected chi connectivity index (χ1v) is 6.92. The van der Waals surface area contributed by atoms with Crippen LogP contribution in [0.4, 0.5) is 5.69 Å². The van der Waals surface area contributed by atoms with Crippen LogP contribution in [0, 0.1) is 0 Å². The van der Waals surface area contributed by atoms with E-state index in [-0.39, 0.29) is 4.90 Å². The van der Waals surface area contributed by atoms with Gasteiger partial charge in [0.2, 0.25) is 15.9 Å². The Kier molecular flexibility index (Phi) is 5.00. The minimum atomic E-state index is -3.51. The van der Waals surface area contributed by atoms with Crippen molar-refractivity contribution in [3.05, 3.63) is 36.4 Å². The van der Waals surface area contributed by atoms with Gasteiger partial charge in [-0.25, -0.2) is 17.5 Å². The summed E-state index contributed by atoms with van der Waals surface area (Å²) in [4.78, 5) is 21.7. The predicted molar refractivity (Wildman–Crippen MR) is 72.7 cm³/mol. The molecule has 0 spiro atoms. The summed E-state index contributed by atoms with van der Waals surface area (Å²) in [5, 5.41) is 10.8. The minimum Gasteiger partial charge on any atom is -0.478 e. The van der Waals surface area contributed by atoms with Gasteiger partial charge in [0.1, 0.15) is 0 Å². The minimum absolute atomic E-state index is 0.0987. The maximum Gasteiger partial charge on any atom is 0.328 e. The van der Waals surface area contributed by atoms with E-state index < -0.39 is 21.9 Å². The molecule has 0 heterocycles. The molecule has 1 amide bonds. The third kappa shape index (κ3) is 4.18. The smallest absolute Gasteiger partial charge is 0.328 e. The molecule has 0 saturated heterocycles. The number of sulfonamides is 1. The second-order valence-corrected chi connectivity index (χ2v) is 6.12. The van der Waals surface area contributed by atoms with Crippen molar-refractivity contribution in [3.63, 3.8) is 0 Å². The van der Waals surface area contributed by atoms with Crippen LogP contribution in [0.2, 0.25) is 0 Å². The quantitative estimate of drug-likeness (QED) is 0.771. The van der Waals surface area contributed by atoms with Gasteiger partial charge in [-0.05, 0) is 24.3 Å². The number of carbonyl (C=O) groups is 2. The molecule has 1 aromatic carbocycles. The summed E-state index contributed by atoms with van der Waals surface area (Å²) in [5.41, 5.74) is 0.364. The van der Waals surface area contributed by atoms with E-state index in [2.05, 4.69) is 5.32 Å². The van der Waals surface area contributed by atoms with Crippen molar-refractivity contribution >= 4 is 27.6 Å². The van der Waals surface area contributed by atoms with Crippen molar-refractivity contribution in [1.82, 2.24) is 4.31 Å². The Morgan fingerprint density at radius 2 is 1.70 bits per heavy atom. The molecule has 2 N–H and O–H groups in total. The summed E-state index contributed by atoms with van der Waals surface area (Å²) in [6.45, 7) is 0. The number of hydrogen-bond acceptors (Lipinski definition) is 4. The van der Waals surface area contributed by atoms with Gasteiger partial charge in [-0.3, -0.25) is 4.79 Å². The molecule has 0 aliphatic heterocycles. The molecule has 0 aromatic heterocycles. The van der Waals surface area contributed by atoms with Gasteiger partial charge < -0.3 is 10.4 Å². The van der Waals surface area contributed by atoms with Gasteiger partial charge in [0.05, 0.1) is 4.90 Å². The van der Waals surface area contributed by atoms with E-state index >= 15 is 0 Å². The number of amides is 1. The normalized spacial score (nSPS) is 11.8. The zero-order valence-corrected chi connectivity index (χ0v) is 11.7. The van der Waals surface area contributed by atoms with Gasteiger partial charge in [0.15, 0.2) is 0 Å². The maximum absolute atomic E-state index is 11.8. The fourth-order valence-corrected chi connectivity index (χ4v) is 2.15. The summed E-state index contributed by atoms with van der Waals surface area (Å²) in [6.07, 6.45) is 1.58. The van der Waals surface area contributed by atoms with Crippen LogP contribution in [0.15, 0.2) is 41.3 Å². The first-order chi connectivity index (χ1) is 9.23. The van der Waals surface area contributed by atoms with E-state index in [9.17, 15) is 18.0 Å². The lowest BCUT2D eigenvalue weighted by Gasteiger charge is -2.11. The van der Waals surface area contributed by atoms with Crippen molar-refractivity contribution in [2.24, 2.45) is 0 Å². The van der Waals surface area contributed by atoms with Crippen molar-refractivity contribution in [1.29, 1.82) is 0 Å². The molecule has 0 atom stereocenters. The lowest BCUT2D eigenvalue weighted by Crippen LogP contribution is -2.22. The highest BCUT2D eigenvalue weighted by molar-refractivity contribution is 7.89. The van der Waals surface area contributed by atoms with E-state index in [4.69, 9.17) is 5.11 Å². The Balaban J connectivity index is 2.83. The van der Waals surface area contributed by atoms with E-state index in [0.29, 0.717) is 11.8 Å². The van der Waals surface area contributed by atoms with Crippen LogP contribution in [0.5, 0.6) is 0 Å². The van der Waals surface area contributed by atoms with Crippen LogP contribution in [-0.4, -0.2) is 43.8 Å². The van der Waals surface area contributed by atoms with E-state index in [1.807, 2.05) is 0 Å². The Bertz CT molecular complexity index is 632. The molecule has 20 heavy (non-hydrogen) atoms. The van der Waals surface area contributed by atoms with Crippen LogP contribution in [0.25, 0.3) is 0 Å². The maximum atomic E-state index is 11.8. The van der Waals surface area contributed by atoms with Gasteiger partial charge in [0.25, 0.3) is 0 Å². The number of carboxylic acid groups (broad SMARTS) is 1. The van der Waals surface area contributed by atoms with Gasteiger partial charge in [0, 0.05) is 31.9 Å². The first-order valence-electron chi connectivity index (χ1n) is 5.48. The molecule has 0 aliphatic rings. The van der Waals surface area contributed by atoms with Crippen LogP contribution in [-0.2, 0) is 19.6 Å². The van der Waals surface area contributed by atoms with E-state index in [1.165, 1.54) is 38.4 Å². The number of carboxylic acids is 1. The second kappa shape index (κ2) is 6.31. The monoisotopic (exact) mass is 298 g/mol. The molecule has 108 valence electrons. The average molecular weight is 298 g/mol. The lowest BCUT2D eigenvalue weighted by molar-refractivity contribution is -0.131. The number of rotatable bonds is 5. The molecule has 0 radical (unpaired) electrons. The number of hydrogen-bond donors (Lipinski definition) is 2. The summed E-state index contributed by atoms with van der Waals surface area (Å²) in [6, 6.07) is 5.55. The molecule has 7 nitrogen and oxygen atoms in total. The highest BCUT2D eigenvalue weighted by Crippen LogP contribution is 2.16. The van der Waals surface area contributed by atoms with Gasteiger partial charge in [-0.1, -0.05) is 0 Å². The van der Waals surface area contributed by atoms with Crippen molar-refractivity contribution in [3.8, 4) is 0 Å². The summed E-state index contributed by atoms with van der Waals surface area (Å²) in [5.74, 6) is -1.84. The van der Waals surface area contributed by atoms with Crippen LogP contribution in [0.1, 0.15) is 0 Å². The number of aliphatic carboxylic acids is 1. The molecule has 0 aliphatic carbocycles. The molecule has 0 bridgehead atoms. The Morgan fingerprint density at radius 3 is 2.15 bits per heavy atom. The average Bonchev–Trinajstić information content (AvgIpc) is 2.37. The van der Waals surface area contributed by atoms with Gasteiger partial charge in [-0.2, -0.15) is 0 Å². The molecule has 0 saturated carbocycles. The molecule has 0 unspecified atom stereocenters. The van der Waals surface area contributed by atoms with Crippen molar-refractivity contribution in [2.45, 2.75) is 4.90 Å². The van der Waals surface area contributed by atoms with Crippen LogP contribution in [0.3, 0.4) is 0 Å². The number of nitrogens with zero attached hydrogens (tertiary/aromatic N) is 1. The highest BCUT2D eigenvalue weighted by Gasteiger charge is 2.16. The zero-order chi connectivity index (χ0) is 15.3. The van der Waals surface area contributed by atoms with Crippen molar-refractivity contribution < 1.29 is 23.1 Å². The molecular weight excluding hydrogens is 284 g/mol. The largest absolute Gasteiger partial charge is 0.478 e. The molecule has 8 heteroatoms. The fourth-order valence-electron chi connectivity index (χ4n) is 1.25. The van der Waals surface area contributed by atoms with E-state index in [0.717, 1.165) is 10.4 Å². The summed E-state index contributed by atoms with van der Waals surface area (Å²) >= 11 is 0. The first kappa shape index (κ1) is 15.9. The number of nitrogens with one attached hydrogen (secondary N) is 1. The highest BCUT2D eigenvalue weighted by atomic mass is 32.2. The number of benzene rings is 1. The van der Waals surface area contributed by atoms with Gasteiger partial charge in [-0.15, -0.1) is 0 Å². The third-order valence-electron chi connectivity index (χ3n) is 2.28. The Morgan fingerprint density at radius 1 is 1.15 bits per heavy atom. The summed E-state index contributed by atoms with van der Waals surface area (Å²) in [7, 11) is -0.678.